The molecule has 0 atom stereocenters. The Labute approximate surface area is 148 Å². The minimum atomic E-state index is -0.257. The molecule has 0 aliphatic heterocycles. The molecule has 5 heteroatoms. The number of nitrogens with one attached hydrogen (secondary N) is 1. The molecule has 126 valence electrons. The van der Waals surface area contributed by atoms with Crippen molar-refractivity contribution in [2.45, 2.75) is 6.92 Å². The lowest BCUT2D eigenvalue weighted by atomic mass is 10.1. The fourth-order valence-electron chi connectivity index (χ4n) is 3.37. The zero-order chi connectivity index (χ0) is 17.7. The van der Waals surface area contributed by atoms with Crippen LogP contribution in [-0.4, -0.2) is 15.0 Å². The van der Waals surface area contributed by atoms with Crippen LogP contribution >= 0.6 is 0 Å². The van der Waals surface area contributed by atoms with Crippen molar-refractivity contribution < 1.29 is 8.81 Å². The second kappa shape index (κ2) is 5.52. The summed E-state index contributed by atoms with van der Waals surface area (Å²) in [7, 11) is 0. The average Bonchev–Trinajstić information content (AvgIpc) is 3.25. The van der Waals surface area contributed by atoms with Gasteiger partial charge in [-0.15, -0.1) is 0 Å². The average molecular weight is 343 g/mol. The fraction of sp³-hybridized carbons (Fsp3) is 0.0476. The molecule has 0 unspecified atom stereocenters. The quantitative estimate of drug-likeness (QED) is 0.461. The summed E-state index contributed by atoms with van der Waals surface area (Å²) in [5.41, 5.74) is 5.93. The molecular weight excluding hydrogens is 329 g/mol. The van der Waals surface area contributed by atoms with Gasteiger partial charge in [0.15, 0.2) is 5.58 Å². The molecule has 0 aliphatic carbocycles. The van der Waals surface area contributed by atoms with E-state index in [1.54, 1.807) is 18.5 Å². The molecule has 0 saturated carbocycles. The Morgan fingerprint density at radius 2 is 1.88 bits per heavy atom. The first kappa shape index (κ1) is 14.8. The number of hydrogen-bond acceptors (Lipinski definition) is 3. The minimum Gasteiger partial charge on any atom is -0.454 e. The van der Waals surface area contributed by atoms with Gasteiger partial charge in [-0.2, -0.15) is 0 Å². The van der Waals surface area contributed by atoms with Gasteiger partial charge in [-0.1, -0.05) is 0 Å². The van der Waals surface area contributed by atoms with E-state index in [0.29, 0.717) is 11.3 Å². The van der Waals surface area contributed by atoms with Crippen molar-refractivity contribution in [1.82, 2.24) is 15.0 Å². The lowest BCUT2D eigenvalue weighted by Gasteiger charge is -2.02. The molecule has 0 spiro atoms. The third-order valence-corrected chi connectivity index (χ3v) is 4.61. The molecule has 0 amide bonds. The Kier molecular flexibility index (Phi) is 3.15. The lowest BCUT2D eigenvalue weighted by Crippen LogP contribution is -1.82. The van der Waals surface area contributed by atoms with Crippen LogP contribution in [0.3, 0.4) is 0 Å². The maximum absolute atomic E-state index is 13.4. The first-order valence-electron chi connectivity index (χ1n) is 8.28. The number of nitrogens with zero attached hydrogens (tertiary/aromatic N) is 2. The number of halogens is 1. The topological polar surface area (TPSA) is 54.7 Å². The molecule has 5 rings (SSSR count). The summed E-state index contributed by atoms with van der Waals surface area (Å²) in [5, 5.41) is 1.02. The number of aromatic amines is 1. The summed E-state index contributed by atoms with van der Waals surface area (Å²) >= 11 is 0. The molecule has 5 aromatic rings. The van der Waals surface area contributed by atoms with Crippen LogP contribution in [0.4, 0.5) is 4.39 Å². The van der Waals surface area contributed by atoms with Gasteiger partial charge in [-0.05, 0) is 48.9 Å². The third-order valence-electron chi connectivity index (χ3n) is 4.61. The molecule has 4 nitrogen and oxygen atoms in total. The van der Waals surface area contributed by atoms with E-state index in [4.69, 9.17) is 4.42 Å². The second-order valence-electron chi connectivity index (χ2n) is 6.24. The highest BCUT2D eigenvalue weighted by molar-refractivity contribution is 6.01. The van der Waals surface area contributed by atoms with Crippen LogP contribution in [0.1, 0.15) is 5.56 Å². The van der Waals surface area contributed by atoms with Gasteiger partial charge in [0.2, 0.25) is 0 Å². The van der Waals surface area contributed by atoms with Crippen LogP contribution < -0.4 is 0 Å². The van der Waals surface area contributed by atoms with Gasteiger partial charge in [0.05, 0.1) is 0 Å². The van der Waals surface area contributed by atoms with Crippen molar-refractivity contribution in [3.05, 3.63) is 72.4 Å². The summed E-state index contributed by atoms with van der Waals surface area (Å²) in [5.74, 6) is 0.419. The van der Waals surface area contributed by atoms with E-state index in [-0.39, 0.29) is 5.82 Å². The third kappa shape index (κ3) is 2.21. The molecular formula is C21H14FN3O. The Bertz CT molecular complexity index is 1270. The number of furan rings is 1. The minimum absolute atomic E-state index is 0.257. The fourth-order valence-corrected chi connectivity index (χ4v) is 3.37. The van der Waals surface area contributed by atoms with E-state index >= 15 is 0 Å². The van der Waals surface area contributed by atoms with E-state index in [2.05, 4.69) is 15.0 Å². The molecule has 0 radical (unpaired) electrons. The highest BCUT2D eigenvalue weighted by Crippen LogP contribution is 2.37. The number of pyridine rings is 2. The normalized spacial score (nSPS) is 11.5. The number of H-pyrrole nitrogens is 1. The van der Waals surface area contributed by atoms with Gasteiger partial charge in [0.25, 0.3) is 0 Å². The van der Waals surface area contributed by atoms with Gasteiger partial charge in [-0.25, -0.2) is 9.37 Å². The van der Waals surface area contributed by atoms with Gasteiger partial charge < -0.3 is 9.40 Å². The van der Waals surface area contributed by atoms with E-state index in [1.165, 1.54) is 12.1 Å². The standard InChI is InChI=1S/C21H14FN3O/c1-12-9-13(22)4-5-14(12)19-10-18-20(26-19)15(6-8-23-18)17-11-25-21-16(17)3-2-7-24-21/h2-11H,1H3,(H,24,25). The van der Waals surface area contributed by atoms with E-state index < -0.39 is 0 Å². The number of hydrogen-bond donors (Lipinski definition) is 1. The van der Waals surface area contributed by atoms with E-state index in [0.717, 1.165) is 38.8 Å². The molecule has 4 heterocycles. The van der Waals surface area contributed by atoms with Crippen molar-refractivity contribution in [2.24, 2.45) is 0 Å². The summed E-state index contributed by atoms with van der Waals surface area (Å²) in [6.07, 6.45) is 5.45. The summed E-state index contributed by atoms with van der Waals surface area (Å²) in [6, 6.07) is 12.4. The number of aryl methyl sites for hydroxylation is 1. The van der Waals surface area contributed by atoms with Crippen LogP contribution in [0.5, 0.6) is 0 Å². The van der Waals surface area contributed by atoms with Crippen LogP contribution in [0.25, 0.3) is 44.6 Å². The molecule has 26 heavy (non-hydrogen) atoms. The zero-order valence-corrected chi connectivity index (χ0v) is 14.0. The van der Waals surface area contributed by atoms with E-state index in [1.807, 2.05) is 37.4 Å². The number of fused-ring (bicyclic) bond motifs is 2. The van der Waals surface area contributed by atoms with Gasteiger partial charge in [0, 0.05) is 46.7 Å². The molecule has 4 aromatic heterocycles. The highest BCUT2D eigenvalue weighted by atomic mass is 19.1. The predicted octanol–water partition coefficient (Wildman–Crippen LogP) is 5.49. The van der Waals surface area contributed by atoms with Crippen molar-refractivity contribution in [2.75, 3.05) is 0 Å². The largest absolute Gasteiger partial charge is 0.454 e. The van der Waals surface area contributed by atoms with Crippen molar-refractivity contribution in [3.63, 3.8) is 0 Å². The maximum atomic E-state index is 13.4. The van der Waals surface area contributed by atoms with Crippen molar-refractivity contribution in [1.29, 1.82) is 0 Å². The Morgan fingerprint density at radius 3 is 2.77 bits per heavy atom. The molecule has 0 fully saturated rings. The van der Waals surface area contributed by atoms with E-state index in [9.17, 15) is 4.39 Å². The first-order chi connectivity index (χ1) is 12.7. The molecule has 1 N–H and O–H groups in total. The smallest absolute Gasteiger partial charge is 0.161 e. The maximum Gasteiger partial charge on any atom is 0.161 e. The summed E-state index contributed by atoms with van der Waals surface area (Å²) in [6.45, 7) is 1.87. The van der Waals surface area contributed by atoms with Crippen LogP contribution in [0.2, 0.25) is 0 Å². The van der Waals surface area contributed by atoms with Crippen molar-refractivity contribution >= 4 is 22.1 Å². The highest BCUT2D eigenvalue weighted by Gasteiger charge is 2.16. The van der Waals surface area contributed by atoms with Gasteiger partial charge in [-0.3, -0.25) is 4.98 Å². The Morgan fingerprint density at radius 1 is 0.962 bits per heavy atom. The molecule has 1 aromatic carbocycles. The molecule has 0 aliphatic rings. The SMILES string of the molecule is Cc1cc(F)ccc1-c1cc2nccc(-c3c[nH]c4ncccc34)c2o1. The number of rotatable bonds is 2. The zero-order valence-electron chi connectivity index (χ0n) is 14.0. The molecule has 0 bridgehead atoms. The van der Waals surface area contributed by atoms with Crippen LogP contribution in [0, 0.1) is 12.7 Å². The predicted molar refractivity (Wildman–Crippen MR) is 99.2 cm³/mol. The van der Waals surface area contributed by atoms with Gasteiger partial charge >= 0.3 is 0 Å². The molecule has 0 saturated heterocycles. The van der Waals surface area contributed by atoms with Crippen molar-refractivity contribution in [3.8, 4) is 22.5 Å². The Hall–Kier alpha value is -3.47. The van der Waals surface area contributed by atoms with Gasteiger partial charge in [0.1, 0.15) is 22.7 Å². The Balaban J connectivity index is 1.74. The van der Waals surface area contributed by atoms with Crippen LogP contribution in [-0.2, 0) is 0 Å². The first-order valence-corrected chi connectivity index (χ1v) is 8.28. The second-order valence-corrected chi connectivity index (χ2v) is 6.24. The monoisotopic (exact) mass is 343 g/mol. The summed E-state index contributed by atoms with van der Waals surface area (Å²) in [4.78, 5) is 12.0. The lowest BCUT2D eigenvalue weighted by molar-refractivity contribution is 0.621. The number of benzene rings is 1. The number of aromatic nitrogens is 3. The summed E-state index contributed by atoms with van der Waals surface area (Å²) < 4.78 is 19.6. The van der Waals surface area contributed by atoms with Crippen LogP contribution in [0.15, 0.2) is 65.5 Å².